The van der Waals surface area contributed by atoms with Crippen molar-refractivity contribution >= 4 is 39.8 Å². The summed E-state index contributed by atoms with van der Waals surface area (Å²) in [5, 5.41) is 7.50. The van der Waals surface area contributed by atoms with E-state index in [9.17, 15) is 4.79 Å². The molecule has 2 saturated heterocycles. The zero-order valence-electron chi connectivity index (χ0n) is 20.9. The molecule has 0 spiro atoms. The van der Waals surface area contributed by atoms with Gasteiger partial charge in [0.05, 0.1) is 11.2 Å². The summed E-state index contributed by atoms with van der Waals surface area (Å²) < 4.78 is 0. The average molecular weight is 474 g/mol. The van der Waals surface area contributed by atoms with Gasteiger partial charge in [-0.2, -0.15) is 0 Å². The zero-order chi connectivity index (χ0) is 24.4. The summed E-state index contributed by atoms with van der Waals surface area (Å²) in [5.41, 5.74) is 5.62. The molecule has 0 bridgehead atoms. The number of likely N-dealkylation sites (N-methyl/N-ethyl adjacent to an activating group) is 1. The van der Waals surface area contributed by atoms with Gasteiger partial charge in [-0.15, -0.1) is 0 Å². The normalized spacial score (nSPS) is 17.6. The number of nitrogens with zero attached hydrogens (tertiary/aromatic N) is 5. The van der Waals surface area contributed by atoms with Crippen LogP contribution in [0.4, 0.5) is 23.0 Å². The van der Waals surface area contributed by atoms with Crippen LogP contribution in [0.3, 0.4) is 0 Å². The van der Waals surface area contributed by atoms with Gasteiger partial charge >= 0.3 is 0 Å². The Kier molecular flexibility index (Phi) is 6.72. The maximum Gasteiger partial charge on any atom is 0.227 e. The van der Waals surface area contributed by atoms with Crippen LogP contribution in [0.5, 0.6) is 0 Å². The number of para-hydroxylation sites is 1. The summed E-state index contributed by atoms with van der Waals surface area (Å²) in [6, 6.07) is 13.0. The minimum absolute atomic E-state index is 0.0453. The van der Waals surface area contributed by atoms with E-state index in [0.29, 0.717) is 5.95 Å². The van der Waals surface area contributed by atoms with Gasteiger partial charge in [0.1, 0.15) is 0 Å². The first-order valence-corrected chi connectivity index (χ1v) is 12.6. The van der Waals surface area contributed by atoms with Gasteiger partial charge < -0.3 is 25.3 Å². The molecule has 184 valence electrons. The van der Waals surface area contributed by atoms with Crippen LogP contribution in [0.25, 0.3) is 10.9 Å². The molecule has 0 atom stereocenters. The maximum absolute atomic E-state index is 11.4. The lowest BCUT2D eigenvalue weighted by atomic mass is 10.0. The number of aryl methyl sites for hydroxylation is 1. The molecule has 1 amide bonds. The van der Waals surface area contributed by atoms with E-state index < -0.39 is 0 Å². The van der Waals surface area contributed by atoms with Gasteiger partial charge in [-0.05, 0) is 56.6 Å². The molecule has 2 N–H and O–H groups in total. The average Bonchev–Trinajstić information content (AvgIpc) is 2.85. The van der Waals surface area contributed by atoms with Crippen LogP contribution >= 0.6 is 0 Å². The molecule has 5 rings (SSSR count). The third-order valence-electron chi connectivity index (χ3n) is 7.13. The Labute approximate surface area is 207 Å². The maximum atomic E-state index is 11.4. The second kappa shape index (κ2) is 10.1. The number of nitrogens with one attached hydrogen (secondary N) is 2. The van der Waals surface area contributed by atoms with Gasteiger partial charge in [-0.25, -0.2) is 9.97 Å². The number of piperidine rings is 1. The summed E-state index contributed by atoms with van der Waals surface area (Å²) in [7, 11) is 2.18. The monoisotopic (exact) mass is 473 g/mol. The molecule has 35 heavy (non-hydrogen) atoms. The van der Waals surface area contributed by atoms with E-state index in [-0.39, 0.29) is 11.9 Å². The fraction of sp³-hybridized carbons (Fsp3) is 0.444. The van der Waals surface area contributed by atoms with Crippen molar-refractivity contribution in [1.82, 2.24) is 20.2 Å². The van der Waals surface area contributed by atoms with Gasteiger partial charge in [0.15, 0.2) is 0 Å². The second-order valence-corrected chi connectivity index (χ2v) is 9.79. The number of carbonyl (C=O) groups is 1. The van der Waals surface area contributed by atoms with Gasteiger partial charge in [0, 0.05) is 75.2 Å². The molecule has 0 unspecified atom stereocenters. The number of hydrogen-bond donors (Lipinski definition) is 2. The van der Waals surface area contributed by atoms with Crippen molar-refractivity contribution in [3.63, 3.8) is 0 Å². The number of benzene rings is 2. The Morgan fingerprint density at radius 1 is 0.971 bits per heavy atom. The van der Waals surface area contributed by atoms with Crippen LogP contribution in [-0.2, 0) is 4.79 Å². The van der Waals surface area contributed by atoms with Gasteiger partial charge in [0.25, 0.3) is 0 Å². The Morgan fingerprint density at radius 3 is 2.43 bits per heavy atom. The van der Waals surface area contributed by atoms with Crippen molar-refractivity contribution < 1.29 is 4.79 Å². The molecule has 2 fully saturated rings. The Bertz CT molecular complexity index is 1200. The number of anilines is 4. The van der Waals surface area contributed by atoms with E-state index in [1.165, 1.54) is 11.3 Å². The topological polar surface area (TPSA) is 76.6 Å². The van der Waals surface area contributed by atoms with E-state index in [4.69, 9.17) is 4.98 Å². The number of hydrogen-bond acceptors (Lipinski definition) is 7. The van der Waals surface area contributed by atoms with Crippen molar-refractivity contribution in [1.29, 1.82) is 0 Å². The van der Waals surface area contributed by atoms with Crippen LogP contribution in [0.2, 0.25) is 0 Å². The molecule has 1 aromatic heterocycles. The molecule has 8 heteroatoms. The van der Waals surface area contributed by atoms with Crippen molar-refractivity contribution in [2.24, 2.45) is 0 Å². The molecule has 3 aromatic rings. The third-order valence-corrected chi connectivity index (χ3v) is 7.13. The summed E-state index contributed by atoms with van der Waals surface area (Å²) in [6.07, 6.45) is 3.76. The lowest BCUT2D eigenvalue weighted by Gasteiger charge is -2.35. The molecule has 0 aliphatic carbocycles. The molecule has 0 radical (unpaired) electrons. The molecular weight excluding hydrogens is 438 g/mol. The van der Waals surface area contributed by atoms with Crippen molar-refractivity contribution in [3.8, 4) is 0 Å². The Hall–Kier alpha value is -3.39. The van der Waals surface area contributed by atoms with E-state index in [1.54, 1.807) is 6.92 Å². The molecule has 0 saturated carbocycles. The lowest BCUT2D eigenvalue weighted by molar-refractivity contribution is -0.119. The minimum atomic E-state index is 0.0453. The second-order valence-electron chi connectivity index (χ2n) is 9.79. The smallest absolute Gasteiger partial charge is 0.227 e. The lowest BCUT2D eigenvalue weighted by Crippen LogP contribution is -2.44. The first-order chi connectivity index (χ1) is 17.0. The quantitative estimate of drug-likeness (QED) is 0.587. The number of amides is 1. The van der Waals surface area contributed by atoms with Crippen LogP contribution in [0.15, 0.2) is 42.6 Å². The van der Waals surface area contributed by atoms with Crippen LogP contribution in [-0.4, -0.2) is 73.1 Å². The number of aromatic nitrogens is 2. The number of piperazine rings is 1. The van der Waals surface area contributed by atoms with Crippen LogP contribution < -0.4 is 20.4 Å². The fourth-order valence-electron chi connectivity index (χ4n) is 5.17. The largest absolute Gasteiger partial charge is 0.370 e. The van der Waals surface area contributed by atoms with Gasteiger partial charge in [0.2, 0.25) is 11.9 Å². The zero-order valence-corrected chi connectivity index (χ0v) is 20.9. The predicted molar refractivity (Wildman–Crippen MR) is 143 cm³/mol. The molecule has 2 aliphatic rings. The van der Waals surface area contributed by atoms with Crippen molar-refractivity contribution in [2.75, 3.05) is 61.4 Å². The summed E-state index contributed by atoms with van der Waals surface area (Å²) >= 11 is 0. The Balaban J connectivity index is 1.33. The van der Waals surface area contributed by atoms with E-state index >= 15 is 0 Å². The van der Waals surface area contributed by atoms with Crippen LogP contribution in [0.1, 0.15) is 25.3 Å². The molecule has 3 heterocycles. The molecular formula is C27H35N7O. The highest BCUT2D eigenvalue weighted by Crippen LogP contribution is 2.30. The van der Waals surface area contributed by atoms with E-state index in [0.717, 1.165) is 74.4 Å². The molecule has 2 aliphatic heterocycles. The third kappa shape index (κ3) is 5.32. The van der Waals surface area contributed by atoms with Gasteiger partial charge in [-0.1, -0.05) is 12.1 Å². The highest BCUT2D eigenvalue weighted by atomic mass is 16.1. The highest BCUT2D eigenvalue weighted by Gasteiger charge is 2.22. The fourth-order valence-corrected chi connectivity index (χ4v) is 5.17. The highest BCUT2D eigenvalue weighted by molar-refractivity contribution is 5.91. The summed E-state index contributed by atoms with van der Waals surface area (Å²) in [6.45, 7) is 9.85. The first kappa shape index (κ1) is 23.4. The number of rotatable bonds is 5. The molecule has 8 nitrogen and oxygen atoms in total. The van der Waals surface area contributed by atoms with E-state index in [1.807, 2.05) is 6.20 Å². The first-order valence-electron chi connectivity index (χ1n) is 12.6. The summed E-state index contributed by atoms with van der Waals surface area (Å²) in [5.74, 6) is 0.647. The predicted octanol–water partition coefficient (Wildman–Crippen LogP) is 3.54. The molecule has 2 aromatic carbocycles. The van der Waals surface area contributed by atoms with E-state index in [2.05, 4.69) is 80.7 Å². The van der Waals surface area contributed by atoms with Crippen molar-refractivity contribution in [2.45, 2.75) is 32.7 Å². The standard InChI is InChI=1S/C27H35N7O/c1-19-17-23(7-8-24(19)34-15-13-32(3)14-16-34)30-27-28-18-21-5-4-6-25(26(21)31-27)33-11-9-22(10-12-33)29-20(2)35/h4-8,17-18,22H,9-16H2,1-3H3,(H,29,35)(H,28,30,31). The number of carbonyl (C=O) groups excluding carboxylic acids is 1. The SMILES string of the molecule is CC(=O)NC1CCN(c2cccc3cnc(Nc4ccc(N5CCN(C)CC5)c(C)c4)nc23)CC1. The minimum Gasteiger partial charge on any atom is -0.370 e. The van der Waals surface area contributed by atoms with Gasteiger partial charge in [-0.3, -0.25) is 4.79 Å². The van der Waals surface area contributed by atoms with Crippen LogP contribution in [0, 0.1) is 6.92 Å². The van der Waals surface area contributed by atoms with Crippen molar-refractivity contribution in [3.05, 3.63) is 48.2 Å². The Morgan fingerprint density at radius 2 is 1.71 bits per heavy atom. The number of fused-ring (bicyclic) bond motifs is 1. The summed E-state index contributed by atoms with van der Waals surface area (Å²) in [4.78, 5) is 28.1.